The Labute approximate surface area is 175 Å². The van der Waals surface area contributed by atoms with E-state index in [9.17, 15) is 9.59 Å². The van der Waals surface area contributed by atoms with E-state index in [-0.39, 0.29) is 24.3 Å². The van der Waals surface area contributed by atoms with Gasteiger partial charge in [0.05, 0.1) is 12.1 Å². The predicted octanol–water partition coefficient (Wildman–Crippen LogP) is 4.61. The summed E-state index contributed by atoms with van der Waals surface area (Å²) < 4.78 is 5.39. The third kappa shape index (κ3) is 6.09. The molecule has 2 aromatic rings. The molecule has 1 unspecified atom stereocenters. The van der Waals surface area contributed by atoms with Crippen molar-refractivity contribution < 1.29 is 19.4 Å². The fourth-order valence-electron chi connectivity index (χ4n) is 3.10. The van der Waals surface area contributed by atoms with Gasteiger partial charge in [-0.1, -0.05) is 59.6 Å². The van der Waals surface area contributed by atoms with Crippen LogP contribution >= 0.6 is 11.6 Å². The fourth-order valence-corrected chi connectivity index (χ4v) is 3.23. The van der Waals surface area contributed by atoms with Gasteiger partial charge in [0, 0.05) is 11.6 Å². The Kier molecular flexibility index (Phi) is 6.94. The summed E-state index contributed by atoms with van der Waals surface area (Å²) >= 11 is 5.90. The Bertz CT molecular complexity index is 876. The van der Waals surface area contributed by atoms with E-state index in [1.54, 1.807) is 17.0 Å². The highest BCUT2D eigenvalue weighted by molar-refractivity contribution is 6.30. The molecule has 1 saturated heterocycles. The smallest absolute Gasteiger partial charge is 0.332 e. The van der Waals surface area contributed by atoms with E-state index in [2.05, 4.69) is 19.1 Å². The molecule has 0 radical (unpaired) electrons. The van der Waals surface area contributed by atoms with Gasteiger partial charge in [0.25, 0.3) is 5.91 Å². The number of ether oxygens (including phenoxy) is 1. The van der Waals surface area contributed by atoms with E-state index in [0.29, 0.717) is 17.5 Å². The second kappa shape index (κ2) is 9.61. The zero-order valence-electron chi connectivity index (χ0n) is 16.3. The van der Waals surface area contributed by atoms with Crippen LogP contribution in [-0.2, 0) is 14.3 Å². The maximum Gasteiger partial charge on any atom is 0.332 e. The number of halogens is 1. The van der Waals surface area contributed by atoms with Crippen LogP contribution in [0.15, 0.2) is 66.4 Å². The van der Waals surface area contributed by atoms with Crippen LogP contribution in [-0.4, -0.2) is 35.0 Å². The molecule has 1 saturated carbocycles. The number of carboxylic acids is 1. The van der Waals surface area contributed by atoms with Crippen LogP contribution in [0.1, 0.15) is 30.0 Å². The minimum absolute atomic E-state index is 0.0987. The molecular formula is C23H24ClNO4. The van der Waals surface area contributed by atoms with Crippen LogP contribution in [0.3, 0.4) is 0 Å². The molecule has 29 heavy (non-hydrogen) atoms. The fraction of sp³-hybridized carbons (Fsp3) is 0.304. The summed E-state index contributed by atoms with van der Waals surface area (Å²) in [5.41, 5.74) is 2.26. The first-order valence-corrected chi connectivity index (χ1v) is 9.97. The lowest BCUT2D eigenvalue weighted by molar-refractivity contribution is -0.142. The number of aryl methyl sites for hydroxylation is 1. The molecule has 1 amide bonds. The third-order valence-corrected chi connectivity index (χ3v) is 5.10. The molecular weight excluding hydrogens is 390 g/mol. The van der Waals surface area contributed by atoms with E-state index < -0.39 is 5.97 Å². The quantitative estimate of drug-likeness (QED) is 0.743. The molecule has 2 aliphatic rings. The van der Waals surface area contributed by atoms with Crippen LogP contribution in [0, 0.1) is 12.8 Å². The number of benzene rings is 2. The van der Waals surface area contributed by atoms with Crippen molar-refractivity contribution in [1.29, 1.82) is 0 Å². The lowest BCUT2D eigenvalue weighted by Gasteiger charge is -2.37. The lowest BCUT2D eigenvalue weighted by Crippen LogP contribution is -2.44. The first-order valence-electron chi connectivity index (χ1n) is 9.59. The van der Waals surface area contributed by atoms with Gasteiger partial charge >= 0.3 is 5.97 Å². The summed E-state index contributed by atoms with van der Waals surface area (Å²) in [4.78, 5) is 25.0. The van der Waals surface area contributed by atoms with Crippen LogP contribution < -0.4 is 0 Å². The highest BCUT2D eigenvalue weighted by Gasteiger charge is 2.37. The maximum atomic E-state index is 12.5. The van der Waals surface area contributed by atoms with Crippen molar-refractivity contribution in [2.45, 2.75) is 25.8 Å². The van der Waals surface area contributed by atoms with Gasteiger partial charge in [0.1, 0.15) is 6.61 Å². The van der Waals surface area contributed by atoms with Gasteiger partial charge in [-0.3, -0.25) is 4.79 Å². The van der Waals surface area contributed by atoms with Crippen molar-refractivity contribution in [3.05, 3.63) is 82.6 Å². The molecule has 0 bridgehead atoms. The molecule has 0 aromatic heterocycles. The van der Waals surface area contributed by atoms with Crippen molar-refractivity contribution in [2.24, 2.45) is 5.92 Å². The summed E-state index contributed by atoms with van der Waals surface area (Å²) in [5.74, 6) is -1.14. The summed E-state index contributed by atoms with van der Waals surface area (Å²) in [5, 5.41) is 9.47. The topological polar surface area (TPSA) is 66.8 Å². The number of amides is 1. The highest BCUT2D eigenvalue weighted by atomic mass is 35.5. The molecule has 152 valence electrons. The van der Waals surface area contributed by atoms with Gasteiger partial charge in [0.2, 0.25) is 0 Å². The second-order valence-electron chi connectivity index (χ2n) is 7.28. The van der Waals surface area contributed by atoms with Crippen molar-refractivity contribution in [2.75, 3.05) is 13.2 Å². The summed E-state index contributed by atoms with van der Waals surface area (Å²) in [6.07, 6.45) is 3.05. The largest absolute Gasteiger partial charge is 0.485 e. The third-order valence-electron chi connectivity index (χ3n) is 4.85. The Morgan fingerprint density at radius 1 is 1.17 bits per heavy atom. The van der Waals surface area contributed by atoms with Gasteiger partial charge in [0.15, 0.2) is 5.76 Å². The molecule has 0 spiro atoms. The van der Waals surface area contributed by atoms with E-state index >= 15 is 0 Å². The number of hydrogen-bond donors (Lipinski definition) is 1. The molecule has 5 nitrogen and oxygen atoms in total. The van der Waals surface area contributed by atoms with Gasteiger partial charge in [-0.05, 0) is 43.4 Å². The summed E-state index contributed by atoms with van der Waals surface area (Å²) in [7, 11) is 0. The first kappa shape index (κ1) is 20.9. The summed E-state index contributed by atoms with van der Waals surface area (Å²) in [6.45, 7) is 2.96. The SMILES string of the molecule is Cc1ccccc1.O=C(O)/C=C1/OCC(c2ccc(Cl)cc2)N(CC2CC2)C1=O. The molecule has 1 atom stereocenters. The van der Waals surface area contributed by atoms with E-state index in [0.717, 1.165) is 24.5 Å². The van der Waals surface area contributed by atoms with Crippen molar-refractivity contribution >= 4 is 23.5 Å². The molecule has 1 N–H and O–H groups in total. The molecule has 1 aliphatic carbocycles. The van der Waals surface area contributed by atoms with Crippen LogP contribution in [0.25, 0.3) is 0 Å². The number of hydrogen-bond acceptors (Lipinski definition) is 3. The zero-order valence-corrected chi connectivity index (χ0v) is 17.0. The first-order chi connectivity index (χ1) is 13.9. The van der Waals surface area contributed by atoms with Crippen LogP contribution in [0.5, 0.6) is 0 Å². The minimum Gasteiger partial charge on any atom is -0.485 e. The lowest BCUT2D eigenvalue weighted by atomic mass is 10.0. The molecule has 2 fully saturated rings. The molecule has 4 rings (SSSR count). The molecule has 1 heterocycles. The Hall–Kier alpha value is -2.79. The number of aliphatic carboxylic acids is 1. The number of carbonyl (C=O) groups is 2. The normalized spacial score (nSPS) is 19.9. The van der Waals surface area contributed by atoms with Gasteiger partial charge in [-0.2, -0.15) is 0 Å². The van der Waals surface area contributed by atoms with Crippen molar-refractivity contribution in [1.82, 2.24) is 4.90 Å². The van der Waals surface area contributed by atoms with Crippen molar-refractivity contribution in [3.8, 4) is 0 Å². The standard InChI is InChI=1S/C16H16ClNO4.C7H8/c17-12-5-3-11(4-6-12)13-9-22-14(7-15(19)20)16(21)18(13)8-10-1-2-10;1-7-5-3-2-4-6-7/h3-7,10,13H,1-2,8-9H2,(H,19,20);2-6H,1H3/b14-7+;. The summed E-state index contributed by atoms with van der Waals surface area (Å²) in [6, 6.07) is 17.3. The number of carbonyl (C=O) groups excluding carboxylic acids is 1. The van der Waals surface area contributed by atoms with Crippen molar-refractivity contribution in [3.63, 3.8) is 0 Å². The maximum absolute atomic E-state index is 12.5. The monoisotopic (exact) mass is 413 g/mol. The van der Waals surface area contributed by atoms with Gasteiger partial charge in [-0.25, -0.2) is 4.79 Å². The second-order valence-corrected chi connectivity index (χ2v) is 7.72. The predicted molar refractivity (Wildman–Crippen MR) is 111 cm³/mol. The minimum atomic E-state index is -1.18. The van der Waals surface area contributed by atoms with E-state index in [4.69, 9.17) is 21.4 Å². The van der Waals surface area contributed by atoms with E-state index in [1.165, 1.54) is 5.56 Å². The molecule has 2 aromatic carbocycles. The highest BCUT2D eigenvalue weighted by Crippen LogP contribution is 2.36. The average Bonchev–Trinajstić information content (AvgIpc) is 3.51. The Morgan fingerprint density at radius 2 is 1.83 bits per heavy atom. The average molecular weight is 414 g/mol. The van der Waals surface area contributed by atoms with Crippen LogP contribution in [0.4, 0.5) is 0 Å². The number of nitrogens with zero attached hydrogens (tertiary/aromatic N) is 1. The van der Waals surface area contributed by atoms with E-state index in [1.807, 2.05) is 30.3 Å². The number of rotatable bonds is 4. The van der Waals surface area contributed by atoms with Crippen LogP contribution in [0.2, 0.25) is 5.02 Å². The Morgan fingerprint density at radius 3 is 2.34 bits per heavy atom. The number of morpholine rings is 1. The number of carboxylic acid groups (broad SMARTS) is 1. The Balaban J connectivity index is 0.000000290. The zero-order chi connectivity index (χ0) is 20.8. The molecule has 6 heteroatoms. The van der Waals surface area contributed by atoms with Gasteiger partial charge in [-0.15, -0.1) is 0 Å². The van der Waals surface area contributed by atoms with Gasteiger partial charge < -0.3 is 14.7 Å². The molecule has 1 aliphatic heterocycles.